The molecular formula is C20H26N2O2. The largest absolute Gasteiger partial charge is 0.496 e. The molecule has 1 unspecified atom stereocenters. The van der Waals surface area contributed by atoms with Crippen LogP contribution in [-0.4, -0.2) is 31.0 Å². The molecule has 4 heteroatoms. The maximum Gasteiger partial charge on any atom is 0.241 e. The Bertz CT molecular complexity index is 675. The Morgan fingerprint density at radius 1 is 1.17 bits per heavy atom. The fourth-order valence-corrected chi connectivity index (χ4v) is 2.85. The van der Waals surface area contributed by atoms with Gasteiger partial charge >= 0.3 is 0 Å². The van der Waals surface area contributed by atoms with Crippen molar-refractivity contribution in [2.24, 2.45) is 0 Å². The van der Waals surface area contributed by atoms with Crippen LogP contribution in [0.15, 0.2) is 42.5 Å². The number of rotatable bonds is 6. The minimum absolute atomic E-state index is 0.00865. The lowest BCUT2D eigenvalue weighted by atomic mass is 10.0. The molecule has 0 aromatic heterocycles. The predicted molar refractivity (Wildman–Crippen MR) is 98.5 cm³/mol. The van der Waals surface area contributed by atoms with Crippen molar-refractivity contribution < 1.29 is 9.53 Å². The second-order valence-electron chi connectivity index (χ2n) is 6.21. The van der Waals surface area contributed by atoms with Gasteiger partial charge in [-0.05, 0) is 56.6 Å². The van der Waals surface area contributed by atoms with Gasteiger partial charge in [-0.1, -0.05) is 30.3 Å². The van der Waals surface area contributed by atoms with E-state index in [0.29, 0.717) is 6.54 Å². The SMILES string of the molecule is COc1c(C)cc(CN(C)C(C)C(=O)Nc2ccccc2)cc1C. The third kappa shape index (κ3) is 4.36. The second-order valence-corrected chi connectivity index (χ2v) is 6.21. The van der Waals surface area contributed by atoms with Crippen LogP contribution < -0.4 is 10.1 Å². The van der Waals surface area contributed by atoms with Crippen LogP contribution in [0.3, 0.4) is 0 Å². The van der Waals surface area contributed by atoms with Gasteiger partial charge in [0.05, 0.1) is 13.2 Å². The van der Waals surface area contributed by atoms with Crippen LogP contribution in [0.25, 0.3) is 0 Å². The normalized spacial score (nSPS) is 12.1. The number of likely N-dealkylation sites (N-methyl/N-ethyl adjacent to an activating group) is 1. The Labute approximate surface area is 144 Å². The van der Waals surface area contributed by atoms with Gasteiger partial charge in [0.25, 0.3) is 0 Å². The van der Waals surface area contributed by atoms with E-state index in [2.05, 4.69) is 17.4 Å². The zero-order valence-electron chi connectivity index (χ0n) is 15.1. The minimum atomic E-state index is -0.229. The molecule has 0 bridgehead atoms. The minimum Gasteiger partial charge on any atom is -0.496 e. The average molecular weight is 326 g/mol. The number of nitrogens with zero attached hydrogens (tertiary/aromatic N) is 1. The van der Waals surface area contributed by atoms with Gasteiger partial charge in [0.2, 0.25) is 5.91 Å². The van der Waals surface area contributed by atoms with Crippen LogP contribution in [-0.2, 0) is 11.3 Å². The van der Waals surface area contributed by atoms with E-state index in [0.717, 1.165) is 22.6 Å². The van der Waals surface area contributed by atoms with Crippen LogP contribution in [0, 0.1) is 13.8 Å². The molecule has 2 aromatic rings. The molecule has 0 aliphatic rings. The summed E-state index contributed by atoms with van der Waals surface area (Å²) in [5.41, 5.74) is 4.22. The van der Waals surface area contributed by atoms with Gasteiger partial charge in [-0.25, -0.2) is 0 Å². The predicted octanol–water partition coefficient (Wildman–Crippen LogP) is 3.77. The highest BCUT2D eigenvalue weighted by atomic mass is 16.5. The van der Waals surface area contributed by atoms with Gasteiger partial charge < -0.3 is 10.1 Å². The fraction of sp³-hybridized carbons (Fsp3) is 0.350. The topological polar surface area (TPSA) is 41.6 Å². The highest BCUT2D eigenvalue weighted by Crippen LogP contribution is 2.25. The van der Waals surface area contributed by atoms with E-state index < -0.39 is 0 Å². The lowest BCUT2D eigenvalue weighted by Crippen LogP contribution is -2.39. The summed E-state index contributed by atoms with van der Waals surface area (Å²) in [6, 6.07) is 13.5. The van der Waals surface area contributed by atoms with Gasteiger partial charge in [0.1, 0.15) is 5.75 Å². The molecule has 24 heavy (non-hydrogen) atoms. The molecule has 4 nitrogen and oxygen atoms in total. The molecule has 0 aliphatic carbocycles. The third-order valence-corrected chi connectivity index (χ3v) is 4.24. The first kappa shape index (κ1) is 18.0. The lowest BCUT2D eigenvalue weighted by Gasteiger charge is -2.24. The monoisotopic (exact) mass is 326 g/mol. The molecule has 1 atom stereocenters. The number of ether oxygens (including phenoxy) is 1. The highest BCUT2D eigenvalue weighted by Gasteiger charge is 2.19. The van der Waals surface area contributed by atoms with Gasteiger partial charge in [-0.2, -0.15) is 0 Å². The molecule has 0 fully saturated rings. The molecule has 1 amide bonds. The first-order valence-corrected chi connectivity index (χ1v) is 8.12. The number of nitrogens with one attached hydrogen (secondary N) is 1. The van der Waals surface area contributed by atoms with Crippen molar-refractivity contribution in [2.45, 2.75) is 33.4 Å². The Morgan fingerprint density at radius 2 is 1.75 bits per heavy atom. The maximum atomic E-state index is 12.4. The van der Waals surface area contributed by atoms with Crippen LogP contribution in [0.1, 0.15) is 23.6 Å². The van der Waals surface area contributed by atoms with Crippen molar-refractivity contribution in [2.75, 3.05) is 19.5 Å². The zero-order chi connectivity index (χ0) is 17.7. The van der Waals surface area contributed by atoms with E-state index >= 15 is 0 Å². The van der Waals surface area contributed by atoms with E-state index in [-0.39, 0.29) is 11.9 Å². The molecule has 1 N–H and O–H groups in total. The molecule has 0 saturated heterocycles. The first-order chi connectivity index (χ1) is 11.4. The van der Waals surface area contributed by atoms with Crippen LogP contribution in [0.4, 0.5) is 5.69 Å². The Kier molecular flexibility index (Phi) is 5.99. The van der Waals surface area contributed by atoms with E-state index in [1.54, 1.807) is 7.11 Å². The van der Waals surface area contributed by atoms with Crippen molar-refractivity contribution in [3.8, 4) is 5.75 Å². The summed E-state index contributed by atoms with van der Waals surface area (Å²) < 4.78 is 5.41. The summed E-state index contributed by atoms with van der Waals surface area (Å²) in [7, 11) is 3.65. The van der Waals surface area contributed by atoms with Gasteiger partial charge in [0.15, 0.2) is 0 Å². The van der Waals surface area contributed by atoms with Crippen molar-refractivity contribution in [1.29, 1.82) is 0 Å². The summed E-state index contributed by atoms with van der Waals surface area (Å²) in [5.74, 6) is 0.918. The number of aryl methyl sites for hydroxylation is 2. The number of hydrogen-bond donors (Lipinski definition) is 1. The van der Waals surface area contributed by atoms with Crippen LogP contribution in [0.5, 0.6) is 5.75 Å². The van der Waals surface area contributed by atoms with Crippen LogP contribution >= 0.6 is 0 Å². The summed E-state index contributed by atoms with van der Waals surface area (Å²) in [4.78, 5) is 14.4. The number of para-hydroxylation sites is 1. The van der Waals surface area contributed by atoms with Crippen LogP contribution in [0.2, 0.25) is 0 Å². The number of hydrogen-bond acceptors (Lipinski definition) is 3. The lowest BCUT2D eigenvalue weighted by molar-refractivity contribution is -0.120. The summed E-state index contributed by atoms with van der Waals surface area (Å²) in [6.45, 7) is 6.71. The van der Waals surface area contributed by atoms with Crippen molar-refractivity contribution in [1.82, 2.24) is 4.90 Å². The summed E-state index contributed by atoms with van der Waals surface area (Å²) in [6.07, 6.45) is 0. The fourth-order valence-electron chi connectivity index (χ4n) is 2.85. The van der Waals surface area contributed by atoms with Gasteiger partial charge in [-0.15, -0.1) is 0 Å². The number of amides is 1. The second kappa shape index (κ2) is 7.97. The molecule has 128 valence electrons. The van der Waals surface area contributed by atoms with E-state index in [1.807, 2.05) is 63.1 Å². The number of benzene rings is 2. The molecule has 0 heterocycles. The van der Waals surface area contributed by atoms with E-state index in [1.165, 1.54) is 5.56 Å². The van der Waals surface area contributed by atoms with Crippen molar-refractivity contribution in [3.05, 3.63) is 59.2 Å². The van der Waals surface area contributed by atoms with E-state index in [4.69, 9.17) is 4.74 Å². The molecule has 0 spiro atoms. The molecular weight excluding hydrogens is 300 g/mol. The standard InChI is InChI=1S/C20H26N2O2/c1-14-11-17(12-15(2)19(14)24-5)13-22(4)16(3)20(23)21-18-9-7-6-8-10-18/h6-12,16H,13H2,1-5H3,(H,21,23). The Balaban J connectivity index is 2.03. The zero-order valence-corrected chi connectivity index (χ0v) is 15.1. The Morgan fingerprint density at radius 3 is 2.29 bits per heavy atom. The smallest absolute Gasteiger partial charge is 0.241 e. The Hall–Kier alpha value is -2.33. The maximum absolute atomic E-state index is 12.4. The molecule has 0 saturated carbocycles. The number of carbonyl (C=O) groups is 1. The molecule has 0 aliphatic heterocycles. The van der Waals surface area contributed by atoms with E-state index in [9.17, 15) is 4.79 Å². The van der Waals surface area contributed by atoms with Crippen molar-refractivity contribution in [3.63, 3.8) is 0 Å². The summed E-state index contributed by atoms with van der Waals surface area (Å²) >= 11 is 0. The van der Waals surface area contributed by atoms with Gasteiger partial charge in [0, 0.05) is 12.2 Å². The molecule has 2 rings (SSSR count). The first-order valence-electron chi connectivity index (χ1n) is 8.12. The highest BCUT2D eigenvalue weighted by molar-refractivity contribution is 5.94. The van der Waals surface area contributed by atoms with Gasteiger partial charge in [-0.3, -0.25) is 9.69 Å². The average Bonchev–Trinajstić information content (AvgIpc) is 2.54. The third-order valence-electron chi connectivity index (χ3n) is 4.24. The summed E-state index contributed by atoms with van der Waals surface area (Å²) in [5, 5.41) is 2.95. The molecule has 0 radical (unpaired) electrons. The van der Waals surface area contributed by atoms with Crippen molar-refractivity contribution >= 4 is 11.6 Å². The molecule has 2 aromatic carbocycles. The number of carbonyl (C=O) groups excluding carboxylic acids is 1. The quantitative estimate of drug-likeness (QED) is 0.878. The number of anilines is 1. The number of methoxy groups -OCH3 is 1.